The summed E-state index contributed by atoms with van der Waals surface area (Å²) in [4.78, 5) is 25.7. The summed E-state index contributed by atoms with van der Waals surface area (Å²) in [6, 6.07) is 15.3. The van der Waals surface area contributed by atoms with E-state index < -0.39 is 6.10 Å². The maximum absolute atomic E-state index is 12.5. The number of ether oxygens (including phenoxy) is 1. The minimum atomic E-state index is -0.567. The lowest BCUT2D eigenvalue weighted by Crippen LogP contribution is -2.45. The topological polar surface area (TPSA) is 58.6 Å². The lowest BCUT2D eigenvalue weighted by Gasteiger charge is -2.33. The molecule has 0 fully saturated rings. The van der Waals surface area contributed by atoms with Crippen LogP contribution in [0.25, 0.3) is 0 Å². The van der Waals surface area contributed by atoms with Crippen molar-refractivity contribution in [3.63, 3.8) is 0 Å². The van der Waals surface area contributed by atoms with Crippen LogP contribution in [0.4, 0.5) is 11.4 Å². The third-order valence-corrected chi connectivity index (χ3v) is 4.28. The fraction of sp³-hybridized carbons (Fsp3) is 0.263. The first-order valence-electron chi connectivity index (χ1n) is 8.10. The van der Waals surface area contributed by atoms with Crippen LogP contribution in [0.3, 0.4) is 0 Å². The summed E-state index contributed by atoms with van der Waals surface area (Å²) in [5.74, 6) is 0.103. The van der Waals surface area contributed by atoms with E-state index in [2.05, 4.69) is 5.32 Å². The fourth-order valence-corrected chi connectivity index (χ4v) is 2.87. The van der Waals surface area contributed by atoms with Crippen LogP contribution in [0.5, 0.6) is 5.75 Å². The molecule has 130 valence electrons. The van der Waals surface area contributed by atoms with Crippen LogP contribution in [0.15, 0.2) is 48.5 Å². The number of anilines is 2. The van der Waals surface area contributed by atoms with E-state index in [1.165, 1.54) is 5.56 Å². The van der Waals surface area contributed by atoms with Crippen LogP contribution in [0, 0.1) is 0 Å². The Labute approximate surface area is 151 Å². The summed E-state index contributed by atoms with van der Waals surface area (Å²) >= 11 is 5.51. The van der Waals surface area contributed by atoms with Crippen LogP contribution in [-0.4, -0.2) is 30.3 Å². The predicted octanol–water partition coefficient (Wildman–Crippen LogP) is 3.22. The van der Waals surface area contributed by atoms with E-state index in [4.69, 9.17) is 16.3 Å². The molecule has 0 aromatic heterocycles. The zero-order valence-electron chi connectivity index (χ0n) is 13.9. The lowest BCUT2D eigenvalue weighted by atomic mass is 10.1. The third kappa shape index (κ3) is 3.94. The zero-order chi connectivity index (χ0) is 17.8. The van der Waals surface area contributed by atoms with Gasteiger partial charge in [-0.05, 0) is 31.0 Å². The molecule has 2 aromatic rings. The van der Waals surface area contributed by atoms with Gasteiger partial charge in [0.1, 0.15) is 11.6 Å². The van der Waals surface area contributed by atoms with Gasteiger partial charge >= 0.3 is 0 Å². The molecule has 0 spiro atoms. The van der Waals surface area contributed by atoms with E-state index in [1.54, 1.807) is 30.0 Å². The van der Waals surface area contributed by atoms with Crippen molar-refractivity contribution in [1.82, 2.24) is 0 Å². The number of benzene rings is 2. The molecule has 2 amide bonds. The Balaban J connectivity index is 1.82. The first-order chi connectivity index (χ1) is 12.1. The van der Waals surface area contributed by atoms with Crippen molar-refractivity contribution in [2.75, 3.05) is 22.6 Å². The van der Waals surface area contributed by atoms with E-state index in [0.717, 1.165) is 6.42 Å². The van der Waals surface area contributed by atoms with Crippen molar-refractivity contribution in [3.05, 3.63) is 54.1 Å². The zero-order valence-corrected chi connectivity index (χ0v) is 14.6. The summed E-state index contributed by atoms with van der Waals surface area (Å²) in [6.07, 6.45) is 0.186. The van der Waals surface area contributed by atoms with E-state index in [9.17, 15) is 9.59 Å². The molecule has 5 nitrogen and oxygen atoms in total. The second kappa shape index (κ2) is 7.57. The monoisotopic (exact) mass is 358 g/mol. The first-order valence-corrected chi connectivity index (χ1v) is 8.64. The van der Waals surface area contributed by atoms with Crippen LogP contribution >= 0.6 is 11.6 Å². The lowest BCUT2D eigenvalue weighted by molar-refractivity contribution is -0.125. The summed E-state index contributed by atoms with van der Waals surface area (Å²) in [6.45, 7) is 2.29. The maximum Gasteiger partial charge on any atom is 0.267 e. The standard InChI is InChI=1S/C19H19ClN2O3/c1-13-19(24)22(10-9-14-5-3-2-4-6-14)16-8-7-15(11-17(16)25-13)21-18(23)12-20/h2-8,11,13H,9-10,12H2,1H3,(H,21,23). The average Bonchev–Trinajstić information content (AvgIpc) is 2.63. The number of nitrogens with one attached hydrogen (secondary N) is 1. The number of carbonyl (C=O) groups is 2. The summed E-state index contributed by atoms with van der Waals surface area (Å²) in [5, 5.41) is 2.69. The molecule has 1 atom stereocenters. The maximum atomic E-state index is 12.5. The van der Waals surface area contributed by atoms with Gasteiger partial charge in [-0.15, -0.1) is 11.6 Å². The minimum absolute atomic E-state index is 0.0685. The highest BCUT2D eigenvalue weighted by molar-refractivity contribution is 6.29. The van der Waals surface area contributed by atoms with Crippen molar-refractivity contribution in [1.29, 1.82) is 0 Å². The molecule has 1 unspecified atom stereocenters. The summed E-state index contributed by atoms with van der Waals surface area (Å²) in [5.41, 5.74) is 2.47. The molecule has 2 aromatic carbocycles. The van der Waals surface area contributed by atoms with Crippen molar-refractivity contribution >= 4 is 34.8 Å². The second-order valence-electron chi connectivity index (χ2n) is 5.85. The molecular formula is C19H19ClN2O3. The quantitative estimate of drug-likeness (QED) is 0.835. The molecular weight excluding hydrogens is 340 g/mol. The van der Waals surface area contributed by atoms with Gasteiger partial charge in [0.2, 0.25) is 5.91 Å². The molecule has 0 radical (unpaired) electrons. The number of fused-ring (bicyclic) bond motifs is 1. The third-order valence-electron chi connectivity index (χ3n) is 4.04. The Kier molecular flexibility index (Phi) is 5.24. The highest BCUT2D eigenvalue weighted by atomic mass is 35.5. The Morgan fingerprint density at radius 1 is 1.24 bits per heavy atom. The molecule has 0 saturated carbocycles. The van der Waals surface area contributed by atoms with E-state index >= 15 is 0 Å². The summed E-state index contributed by atoms with van der Waals surface area (Å²) in [7, 11) is 0. The van der Waals surface area contributed by atoms with Gasteiger partial charge in [-0.2, -0.15) is 0 Å². The fourth-order valence-electron chi connectivity index (χ4n) is 2.80. The number of nitrogens with zero attached hydrogens (tertiary/aromatic N) is 1. The molecule has 6 heteroatoms. The van der Waals surface area contributed by atoms with Crippen LogP contribution in [0.2, 0.25) is 0 Å². The Bertz CT molecular complexity index is 779. The van der Waals surface area contributed by atoms with E-state index in [-0.39, 0.29) is 17.7 Å². The largest absolute Gasteiger partial charge is 0.479 e. The Morgan fingerprint density at radius 3 is 2.72 bits per heavy atom. The van der Waals surface area contributed by atoms with Crippen LogP contribution < -0.4 is 15.0 Å². The van der Waals surface area contributed by atoms with Crippen LogP contribution in [-0.2, 0) is 16.0 Å². The Morgan fingerprint density at radius 2 is 2.00 bits per heavy atom. The van der Waals surface area contributed by atoms with Gasteiger partial charge in [0, 0.05) is 18.3 Å². The average molecular weight is 359 g/mol. The smallest absolute Gasteiger partial charge is 0.267 e. The van der Waals surface area contributed by atoms with Gasteiger partial charge in [-0.25, -0.2) is 0 Å². The van der Waals surface area contributed by atoms with Gasteiger partial charge in [-0.1, -0.05) is 30.3 Å². The van der Waals surface area contributed by atoms with E-state index in [1.807, 2.05) is 30.3 Å². The van der Waals surface area contributed by atoms with Gasteiger partial charge in [0.25, 0.3) is 5.91 Å². The van der Waals surface area contributed by atoms with Crippen molar-refractivity contribution in [3.8, 4) is 5.75 Å². The second-order valence-corrected chi connectivity index (χ2v) is 6.12. The first kappa shape index (κ1) is 17.3. The number of halogens is 1. The minimum Gasteiger partial charge on any atom is -0.479 e. The molecule has 3 rings (SSSR count). The summed E-state index contributed by atoms with van der Waals surface area (Å²) < 4.78 is 5.71. The molecule has 1 aliphatic rings. The Hall–Kier alpha value is -2.53. The van der Waals surface area contributed by atoms with Crippen LogP contribution in [0.1, 0.15) is 12.5 Å². The predicted molar refractivity (Wildman–Crippen MR) is 98.4 cm³/mol. The number of hydrogen-bond donors (Lipinski definition) is 1. The van der Waals surface area contributed by atoms with Gasteiger partial charge in [0.15, 0.2) is 6.10 Å². The van der Waals surface area contributed by atoms with Gasteiger partial charge < -0.3 is 15.0 Å². The molecule has 1 N–H and O–H groups in total. The number of carbonyl (C=O) groups excluding carboxylic acids is 2. The molecule has 1 aliphatic heterocycles. The highest BCUT2D eigenvalue weighted by Crippen LogP contribution is 2.36. The van der Waals surface area contributed by atoms with Crippen molar-refractivity contribution in [2.45, 2.75) is 19.4 Å². The van der Waals surface area contributed by atoms with Gasteiger partial charge in [0.05, 0.1) is 5.69 Å². The number of rotatable bonds is 5. The normalized spacial score (nSPS) is 16.2. The molecule has 0 saturated heterocycles. The SMILES string of the molecule is CC1Oc2cc(NC(=O)CCl)ccc2N(CCc2ccccc2)C1=O. The molecule has 1 heterocycles. The molecule has 0 bridgehead atoms. The number of amides is 2. The highest BCUT2D eigenvalue weighted by Gasteiger charge is 2.31. The van der Waals surface area contributed by atoms with Crippen molar-refractivity contribution in [2.24, 2.45) is 0 Å². The van der Waals surface area contributed by atoms with Crippen molar-refractivity contribution < 1.29 is 14.3 Å². The molecule has 0 aliphatic carbocycles. The number of alkyl halides is 1. The van der Waals surface area contributed by atoms with Gasteiger partial charge in [-0.3, -0.25) is 9.59 Å². The van der Waals surface area contributed by atoms with E-state index in [0.29, 0.717) is 23.7 Å². The number of hydrogen-bond acceptors (Lipinski definition) is 3. The molecule has 25 heavy (non-hydrogen) atoms.